The number of carboxylic acid groups (broad SMARTS) is 2. The van der Waals surface area contributed by atoms with E-state index in [1.165, 1.54) is 6.92 Å². The van der Waals surface area contributed by atoms with Crippen molar-refractivity contribution in [2.75, 3.05) is 0 Å². The zero-order valence-corrected chi connectivity index (χ0v) is 9.88. The predicted octanol–water partition coefficient (Wildman–Crippen LogP) is 2.14. The van der Waals surface area contributed by atoms with E-state index in [1.54, 1.807) is 37.3 Å². The summed E-state index contributed by atoms with van der Waals surface area (Å²) >= 11 is 0. The minimum absolute atomic E-state index is 0.271. The van der Waals surface area contributed by atoms with Crippen LogP contribution in [-0.2, 0) is 15.0 Å². The van der Waals surface area contributed by atoms with E-state index in [1.807, 2.05) is 0 Å². The van der Waals surface area contributed by atoms with E-state index in [2.05, 4.69) is 0 Å². The summed E-state index contributed by atoms with van der Waals surface area (Å²) in [5, 5.41) is 18.5. The Balaban J connectivity index is 3.32. The van der Waals surface area contributed by atoms with Crippen LogP contribution in [0, 0.1) is 5.92 Å². The molecule has 92 valence electrons. The average Bonchev–Trinajstić information content (AvgIpc) is 2.30. The maximum atomic E-state index is 11.5. The van der Waals surface area contributed by atoms with E-state index in [9.17, 15) is 14.7 Å². The number of aliphatic carboxylic acids is 2. The number of rotatable bonds is 5. The van der Waals surface area contributed by atoms with Crippen LogP contribution in [0.25, 0.3) is 0 Å². The second-order valence-corrected chi connectivity index (χ2v) is 4.17. The highest BCUT2D eigenvalue weighted by Gasteiger charge is 2.46. The van der Waals surface area contributed by atoms with E-state index in [-0.39, 0.29) is 6.42 Å². The molecule has 4 nitrogen and oxygen atoms in total. The van der Waals surface area contributed by atoms with Crippen molar-refractivity contribution in [1.82, 2.24) is 0 Å². The van der Waals surface area contributed by atoms with E-state index < -0.39 is 23.3 Å². The summed E-state index contributed by atoms with van der Waals surface area (Å²) in [5.74, 6) is -3.14. The Bertz CT molecular complexity index is 413. The minimum Gasteiger partial charge on any atom is -0.481 e. The molecule has 0 spiro atoms. The maximum absolute atomic E-state index is 11.5. The van der Waals surface area contributed by atoms with Crippen molar-refractivity contribution in [1.29, 1.82) is 0 Å². The summed E-state index contributed by atoms with van der Waals surface area (Å²) in [6, 6.07) is 8.50. The van der Waals surface area contributed by atoms with Crippen LogP contribution >= 0.6 is 0 Å². The molecule has 0 aliphatic carbocycles. The average molecular weight is 236 g/mol. The molecule has 0 fully saturated rings. The molecule has 1 rings (SSSR count). The van der Waals surface area contributed by atoms with Crippen molar-refractivity contribution in [3.05, 3.63) is 35.9 Å². The first-order valence-corrected chi connectivity index (χ1v) is 5.46. The van der Waals surface area contributed by atoms with Gasteiger partial charge >= 0.3 is 11.9 Å². The lowest BCUT2D eigenvalue weighted by atomic mass is 9.70. The van der Waals surface area contributed by atoms with E-state index in [0.29, 0.717) is 5.56 Å². The van der Waals surface area contributed by atoms with Crippen LogP contribution in [0.2, 0.25) is 0 Å². The number of carbonyl (C=O) groups is 2. The number of carboxylic acids is 2. The Kier molecular flexibility index (Phi) is 3.89. The first-order chi connectivity index (χ1) is 7.94. The monoisotopic (exact) mass is 236 g/mol. The van der Waals surface area contributed by atoms with Gasteiger partial charge in [0.25, 0.3) is 0 Å². The smallest absolute Gasteiger partial charge is 0.314 e. The molecule has 2 unspecified atom stereocenters. The summed E-state index contributed by atoms with van der Waals surface area (Å²) < 4.78 is 0. The fourth-order valence-corrected chi connectivity index (χ4v) is 2.09. The highest BCUT2D eigenvalue weighted by molar-refractivity contribution is 5.88. The molecule has 0 radical (unpaired) electrons. The Labute approximate surface area is 99.9 Å². The fourth-order valence-electron chi connectivity index (χ4n) is 2.09. The van der Waals surface area contributed by atoms with Gasteiger partial charge in [0.15, 0.2) is 0 Å². The summed E-state index contributed by atoms with van der Waals surface area (Å²) in [5.41, 5.74) is -0.885. The molecule has 17 heavy (non-hydrogen) atoms. The topological polar surface area (TPSA) is 74.6 Å². The normalized spacial score (nSPS) is 15.9. The van der Waals surface area contributed by atoms with Gasteiger partial charge in [-0.2, -0.15) is 0 Å². The summed E-state index contributed by atoms with van der Waals surface area (Å²) in [4.78, 5) is 22.7. The number of hydrogen-bond donors (Lipinski definition) is 2. The molecule has 4 heteroatoms. The highest BCUT2D eigenvalue weighted by atomic mass is 16.4. The van der Waals surface area contributed by atoms with Gasteiger partial charge in [0.2, 0.25) is 0 Å². The van der Waals surface area contributed by atoms with Gasteiger partial charge in [-0.15, -0.1) is 0 Å². The molecule has 0 heterocycles. The molecule has 0 bridgehead atoms. The minimum atomic E-state index is -1.40. The first kappa shape index (κ1) is 13.2. The van der Waals surface area contributed by atoms with Crippen LogP contribution in [0.4, 0.5) is 0 Å². The molecule has 0 saturated heterocycles. The Morgan fingerprint density at radius 1 is 1.24 bits per heavy atom. The molecule has 0 aliphatic rings. The highest BCUT2D eigenvalue weighted by Crippen LogP contribution is 2.34. The molecule has 1 aromatic rings. The third kappa shape index (κ3) is 2.30. The number of benzene rings is 1. The van der Waals surface area contributed by atoms with Crippen molar-refractivity contribution in [2.24, 2.45) is 5.92 Å². The Morgan fingerprint density at radius 3 is 2.12 bits per heavy atom. The SMILES string of the molecule is CCC(C(=O)O)C(C)(C(=O)O)c1ccccc1. The Morgan fingerprint density at radius 2 is 1.76 bits per heavy atom. The molecule has 0 aliphatic heterocycles. The maximum Gasteiger partial charge on any atom is 0.314 e. The second kappa shape index (κ2) is 4.99. The van der Waals surface area contributed by atoms with E-state index >= 15 is 0 Å². The van der Waals surface area contributed by atoms with Gasteiger partial charge in [-0.05, 0) is 18.9 Å². The van der Waals surface area contributed by atoms with Crippen molar-refractivity contribution >= 4 is 11.9 Å². The van der Waals surface area contributed by atoms with Gasteiger partial charge < -0.3 is 10.2 Å². The summed E-state index contributed by atoms with van der Waals surface area (Å²) in [7, 11) is 0. The van der Waals surface area contributed by atoms with E-state index in [0.717, 1.165) is 0 Å². The van der Waals surface area contributed by atoms with Gasteiger partial charge in [0.05, 0.1) is 5.92 Å². The molecular weight excluding hydrogens is 220 g/mol. The largest absolute Gasteiger partial charge is 0.481 e. The molecule has 0 saturated carbocycles. The second-order valence-electron chi connectivity index (χ2n) is 4.17. The predicted molar refractivity (Wildman–Crippen MR) is 62.8 cm³/mol. The Hall–Kier alpha value is -1.84. The van der Waals surface area contributed by atoms with Crippen molar-refractivity contribution in [3.63, 3.8) is 0 Å². The zero-order chi connectivity index (χ0) is 13.1. The van der Waals surface area contributed by atoms with Gasteiger partial charge in [-0.1, -0.05) is 37.3 Å². The first-order valence-electron chi connectivity index (χ1n) is 5.46. The molecular formula is C13H16O4. The third-order valence-electron chi connectivity index (χ3n) is 3.22. The van der Waals surface area contributed by atoms with Crippen molar-refractivity contribution < 1.29 is 19.8 Å². The molecule has 2 atom stereocenters. The summed E-state index contributed by atoms with van der Waals surface area (Å²) in [6.07, 6.45) is 0.271. The molecule has 0 amide bonds. The van der Waals surface area contributed by atoms with Gasteiger partial charge in [0, 0.05) is 0 Å². The molecule has 2 N–H and O–H groups in total. The van der Waals surface area contributed by atoms with Gasteiger partial charge in [-0.25, -0.2) is 0 Å². The van der Waals surface area contributed by atoms with Crippen LogP contribution in [0.15, 0.2) is 30.3 Å². The van der Waals surface area contributed by atoms with Crippen LogP contribution in [-0.4, -0.2) is 22.2 Å². The molecule has 0 aromatic heterocycles. The lowest BCUT2D eigenvalue weighted by Crippen LogP contribution is -2.43. The van der Waals surface area contributed by atoms with Gasteiger partial charge in [-0.3, -0.25) is 9.59 Å². The van der Waals surface area contributed by atoms with Crippen molar-refractivity contribution in [3.8, 4) is 0 Å². The lowest BCUT2D eigenvalue weighted by Gasteiger charge is -2.31. The summed E-state index contributed by atoms with van der Waals surface area (Å²) in [6.45, 7) is 3.15. The quantitative estimate of drug-likeness (QED) is 0.821. The van der Waals surface area contributed by atoms with Crippen molar-refractivity contribution in [2.45, 2.75) is 25.7 Å². The van der Waals surface area contributed by atoms with E-state index in [4.69, 9.17) is 5.11 Å². The lowest BCUT2D eigenvalue weighted by molar-refractivity contribution is -0.155. The molecule has 1 aromatic carbocycles. The fraction of sp³-hybridized carbons (Fsp3) is 0.385. The van der Waals surface area contributed by atoms with Crippen LogP contribution in [0.5, 0.6) is 0 Å². The third-order valence-corrected chi connectivity index (χ3v) is 3.22. The van der Waals surface area contributed by atoms with Crippen LogP contribution in [0.3, 0.4) is 0 Å². The number of hydrogen-bond acceptors (Lipinski definition) is 2. The zero-order valence-electron chi connectivity index (χ0n) is 9.88. The van der Waals surface area contributed by atoms with Crippen LogP contribution in [0.1, 0.15) is 25.8 Å². The van der Waals surface area contributed by atoms with Crippen LogP contribution < -0.4 is 0 Å². The standard InChI is InChI=1S/C13H16O4/c1-3-10(11(14)15)13(2,12(16)17)9-7-5-4-6-8-9/h4-8,10H,3H2,1-2H3,(H,14,15)(H,16,17). The van der Waals surface area contributed by atoms with Gasteiger partial charge in [0.1, 0.15) is 5.41 Å².